The highest BCUT2D eigenvalue weighted by Crippen LogP contribution is 1.99. The molecule has 1 atom stereocenters. The van der Waals surface area contributed by atoms with Gasteiger partial charge in [-0.3, -0.25) is 9.79 Å². The van der Waals surface area contributed by atoms with Gasteiger partial charge in [0, 0.05) is 12.3 Å². The van der Waals surface area contributed by atoms with Crippen LogP contribution < -0.4 is 11.5 Å². The van der Waals surface area contributed by atoms with Crippen molar-refractivity contribution >= 4 is 24.4 Å². The normalized spacial score (nSPS) is 14.0. The molecule has 0 aliphatic heterocycles. The number of aliphatic carboxylic acids is 1. The van der Waals surface area contributed by atoms with E-state index >= 15 is 0 Å². The topological polar surface area (TPSA) is 102 Å². The Morgan fingerprint density at radius 3 is 2.64 bits per heavy atom. The van der Waals surface area contributed by atoms with Gasteiger partial charge in [0.1, 0.15) is 11.9 Å². The van der Waals surface area contributed by atoms with Gasteiger partial charge < -0.3 is 16.6 Å². The molecule has 0 radical (unpaired) electrons. The van der Waals surface area contributed by atoms with E-state index in [1.54, 1.807) is 0 Å². The Morgan fingerprint density at radius 2 is 2.14 bits per heavy atom. The van der Waals surface area contributed by atoms with Crippen molar-refractivity contribution in [3.05, 3.63) is 0 Å². The van der Waals surface area contributed by atoms with Crippen molar-refractivity contribution in [2.45, 2.75) is 25.3 Å². The van der Waals surface area contributed by atoms with Crippen LogP contribution in [0.25, 0.3) is 0 Å². The van der Waals surface area contributed by atoms with Crippen LogP contribution in [0.4, 0.5) is 0 Å². The molecule has 0 rings (SSSR count). The van der Waals surface area contributed by atoms with Crippen molar-refractivity contribution in [3.8, 4) is 0 Å². The number of thiol groups is 1. The summed E-state index contributed by atoms with van der Waals surface area (Å²) in [5.74, 6) is 0.00787. The number of aliphatic imine (C=N–C) groups is 1. The third kappa shape index (κ3) is 6.73. The molecule has 0 spiro atoms. The summed E-state index contributed by atoms with van der Waals surface area (Å²) in [6.07, 6.45) is 2.03. The van der Waals surface area contributed by atoms with E-state index in [1.807, 2.05) is 0 Å². The molecule has 0 amide bonds. The van der Waals surface area contributed by atoms with Gasteiger partial charge in [-0.2, -0.15) is 12.6 Å². The highest BCUT2D eigenvalue weighted by atomic mass is 32.1. The second-order valence-corrected chi connectivity index (χ2v) is 3.29. The molecule has 0 saturated carbocycles. The number of amidine groups is 1. The summed E-state index contributed by atoms with van der Waals surface area (Å²) in [6, 6.07) is -0.763. The zero-order valence-corrected chi connectivity index (χ0v) is 8.91. The number of hydrogen-bond donors (Lipinski definition) is 4. The fraction of sp³-hybridized carbons (Fsp3) is 0.750. The summed E-state index contributed by atoms with van der Waals surface area (Å²) < 4.78 is 0. The van der Waals surface area contributed by atoms with E-state index in [1.165, 1.54) is 0 Å². The largest absolute Gasteiger partial charge is 0.480 e. The maximum atomic E-state index is 10.3. The van der Waals surface area contributed by atoms with E-state index in [-0.39, 0.29) is 0 Å². The van der Waals surface area contributed by atoms with Crippen LogP contribution in [-0.2, 0) is 4.79 Å². The summed E-state index contributed by atoms with van der Waals surface area (Å²) in [6.45, 7) is 0.610. The van der Waals surface area contributed by atoms with E-state index in [2.05, 4.69) is 17.6 Å². The van der Waals surface area contributed by atoms with Gasteiger partial charge in [-0.05, 0) is 19.3 Å². The van der Waals surface area contributed by atoms with Crippen LogP contribution in [0.2, 0.25) is 0 Å². The molecule has 0 aromatic rings. The van der Waals surface area contributed by atoms with E-state index in [0.717, 1.165) is 12.8 Å². The lowest BCUT2D eigenvalue weighted by molar-refractivity contribution is -0.138. The molecule has 6 heteroatoms. The molecule has 0 aromatic carbocycles. The van der Waals surface area contributed by atoms with Crippen LogP contribution in [0.3, 0.4) is 0 Å². The van der Waals surface area contributed by atoms with Crippen molar-refractivity contribution in [2.75, 3.05) is 12.3 Å². The van der Waals surface area contributed by atoms with Gasteiger partial charge in [0.05, 0.1) is 0 Å². The number of nitrogens with zero attached hydrogens (tertiary/aromatic N) is 1. The average molecular weight is 219 g/mol. The van der Waals surface area contributed by atoms with Crippen molar-refractivity contribution in [2.24, 2.45) is 16.5 Å². The molecule has 0 aromatic heterocycles. The standard InChI is InChI=1S/C8H17N3O2S/c9-6(8(12)13)3-1-2-4-11-7(10)5-14/h6,14H,1-5,9H2,(H2,10,11)(H,12,13)/t6-/m0/s1. The van der Waals surface area contributed by atoms with Crippen LogP contribution >= 0.6 is 12.6 Å². The van der Waals surface area contributed by atoms with Gasteiger partial charge in [0.25, 0.3) is 0 Å². The number of hydrogen-bond acceptors (Lipinski definition) is 4. The number of nitrogens with two attached hydrogens (primary N) is 2. The minimum atomic E-state index is -0.955. The van der Waals surface area contributed by atoms with Crippen molar-refractivity contribution in [3.63, 3.8) is 0 Å². The molecule has 0 unspecified atom stereocenters. The highest BCUT2D eigenvalue weighted by molar-refractivity contribution is 7.81. The minimum Gasteiger partial charge on any atom is -0.480 e. The van der Waals surface area contributed by atoms with Gasteiger partial charge in [-0.15, -0.1) is 0 Å². The molecule has 14 heavy (non-hydrogen) atoms. The number of carboxylic acids is 1. The van der Waals surface area contributed by atoms with E-state index in [0.29, 0.717) is 24.6 Å². The molecule has 0 fully saturated rings. The number of carboxylic acid groups (broad SMARTS) is 1. The molecule has 5 nitrogen and oxygen atoms in total. The fourth-order valence-electron chi connectivity index (χ4n) is 0.872. The van der Waals surface area contributed by atoms with Crippen molar-refractivity contribution < 1.29 is 9.90 Å². The molecule has 82 valence electrons. The number of unbranched alkanes of at least 4 members (excludes halogenated alkanes) is 1. The Labute approximate surface area is 89.0 Å². The summed E-state index contributed by atoms with van der Waals surface area (Å²) in [7, 11) is 0. The lowest BCUT2D eigenvalue weighted by Gasteiger charge is -2.04. The van der Waals surface area contributed by atoms with Gasteiger partial charge in [-0.1, -0.05) is 0 Å². The van der Waals surface area contributed by atoms with Gasteiger partial charge in [-0.25, -0.2) is 0 Å². The fourth-order valence-corrected chi connectivity index (χ4v) is 0.972. The second kappa shape index (κ2) is 7.64. The Morgan fingerprint density at radius 1 is 1.50 bits per heavy atom. The third-order valence-corrected chi connectivity index (χ3v) is 2.04. The first kappa shape index (κ1) is 13.2. The molecule has 0 bridgehead atoms. The quantitative estimate of drug-likeness (QED) is 0.207. The maximum Gasteiger partial charge on any atom is 0.320 e. The van der Waals surface area contributed by atoms with Gasteiger partial charge in [0.15, 0.2) is 0 Å². The molecular weight excluding hydrogens is 202 g/mol. The first-order valence-electron chi connectivity index (χ1n) is 4.46. The van der Waals surface area contributed by atoms with E-state index in [9.17, 15) is 4.79 Å². The summed E-state index contributed by atoms with van der Waals surface area (Å²) >= 11 is 3.95. The molecule has 0 aliphatic rings. The van der Waals surface area contributed by atoms with Crippen molar-refractivity contribution in [1.29, 1.82) is 0 Å². The van der Waals surface area contributed by atoms with E-state index < -0.39 is 12.0 Å². The smallest absolute Gasteiger partial charge is 0.320 e. The summed E-state index contributed by atoms with van der Waals surface area (Å²) in [4.78, 5) is 14.3. The lowest BCUT2D eigenvalue weighted by Crippen LogP contribution is -2.29. The first-order valence-corrected chi connectivity index (χ1v) is 5.09. The van der Waals surface area contributed by atoms with Crippen LogP contribution in [0.1, 0.15) is 19.3 Å². The van der Waals surface area contributed by atoms with Crippen LogP contribution in [0.15, 0.2) is 4.99 Å². The SMILES string of the molecule is NC(CS)=NCCCC[C@H](N)C(=O)O. The predicted octanol–water partition coefficient (Wildman–Crippen LogP) is -0.144. The van der Waals surface area contributed by atoms with Gasteiger partial charge in [0.2, 0.25) is 0 Å². The molecule has 5 N–H and O–H groups in total. The minimum absolute atomic E-state index is 0.453. The third-order valence-electron chi connectivity index (χ3n) is 1.72. The molecular formula is C8H17N3O2S. The second-order valence-electron chi connectivity index (χ2n) is 2.97. The zero-order valence-electron chi connectivity index (χ0n) is 8.02. The summed E-state index contributed by atoms with van der Waals surface area (Å²) in [5.41, 5.74) is 10.7. The monoisotopic (exact) mass is 219 g/mol. The van der Waals surface area contributed by atoms with Crippen LogP contribution in [-0.4, -0.2) is 35.3 Å². The Hall–Kier alpha value is -0.750. The predicted molar refractivity (Wildman–Crippen MR) is 59.8 cm³/mol. The zero-order chi connectivity index (χ0) is 11.0. The Bertz CT molecular complexity index is 209. The van der Waals surface area contributed by atoms with Crippen LogP contribution in [0, 0.1) is 0 Å². The number of carbonyl (C=O) groups is 1. The van der Waals surface area contributed by atoms with E-state index in [4.69, 9.17) is 16.6 Å². The van der Waals surface area contributed by atoms with Gasteiger partial charge >= 0.3 is 5.97 Å². The maximum absolute atomic E-state index is 10.3. The Kier molecular flexibility index (Phi) is 7.23. The molecule has 0 heterocycles. The van der Waals surface area contributed by atoms with Crippen LogP contribution in [0.5, 0.6) is 0 Å². The highest BCUT2D eigenvalue weighted by Gasteiger charge is 2.09. The Balaban J connectivity index is 3.43. The number of rotatable bonds is 7. The summed E-state index contributed by atoms with van der Waals surface area (Å²) in [5, 5.41) is 8.48. The molecule has 0 saturated heterocycles. The first-order chi connectivity index (χ1) is 6.57. The lowest BCUT2D eigenvalue weighted by atomic mass is 10.1. The van der Waals surface area contributed by atoms with Crippen molar-refractivity contribution in [1.82, 2.24) is 0 Å². The average Bonchev–Trinajstić information content (AvgIpc) is 2.16. The molecule has 0 aliphatic carbocycles.